The van der Waals surface area contributed by atoms with E-state index in [1.807, 2.05) is 43.3 Å². The van der Waals surface area contributed by atoms with Crippen LogP contribution in [-0.2, 0) is 6.54 Å². The lowest BCUT2D eigenvalue weighted by molar-refractivity contribution is 0.335. The van der Waals surface area contributed by atoms with Crippen LogP contribution in [0.15, 0.2) is 48.5 Å². The van der Waals surface area contributed by atoms with Crippen LogP contribution < -0.4 is 10.1 Å². The van der Waals surface area contributed by atoms with Gasteiger partial charge in [0, 0.05) is 23.2 Å². The summed E-state index contributed by atoms with van der Waals surface area (Å²) in [4.78, 5) is 0. The molecule has 0 amide bonds. The first kappa shape index (κ1) is 14.9. The lowest BCUT2D eigenvalue weighted by Crippen LogP contribution is -2.18. The average Bonchev–Trinajstić information content (AvgIpc) is 2.46. The average molecular weight is 290 g/mol. The molecule has 2 aromatic rings. The molecule has 0 bridgehead atoms. The van der Waals surface area contributed by atoms with Gasteiger partial charge in [-0.05, 0) is 37.6 Å². The molecular formula is C17H20ClNO. The lowest BCUT2D eigenvalue weighted by Gasteiger charge is -2.16. The zero-order valence-electron chi connectivity index (χ0n) is 11.9. The molecule has 0 aliphatic rings. The van der Waals surface area contributed by atoms with Crippen molar-refractivity contribution >= 4 is 11.6 Å². The van der Waals surface area contributed by atoms with E-state index >= 15 is 0 Å². The van der Waals surface area contributed by atoms with Gasteiger partial charge in [0.1, 0.15) is 5.75 Å². The first-order valence-corrected chi connectivity index (χ1v) is 7.28. The van der Waals surface area contributed by atoms with E-state index in [2.05, 4.69) is 24.4 Å². The van der Waals surface area contributed by atoms with Crippen molar-refractivity contribution in [1.29, 1.82) is 0 Å². The fraction of sp³-hybridized carbons (Fsp3) is 0.294. The Bertz CT molecular complexity index is 556. The molecule has 0 spiro atoms. The highest BCUT2D eigenvalue weighted by Crippen LogP contribution is 2.21. The molecule has 0 aliphatic carbocycles. The van der Waals surface area contributed by atoms with Gasteiger partial charge in [0.2, 0.25) is 0 Å². The van der Waals surface area contributed by atoms with E-state index in [9.17, 15) is 0 Å². The second-order valence-electron chi connectivity index (χ2n) is 4.70. The third-order valence-corrected chi connectivity index (χ3v) is 3.45. The van der Waals surface area contributed by atoms with Crippen LogP contribution in [0.2, 0.25) is 5.02 Å². The fourth-order valence-corrected chi connectivity index (χ4v) is 2.30. The molecule has 0 fully saturated rings. The van der Waals surface area contributed by atoms with Crippen molar-refractivity contribution in [3.8, 4) is 5.75 Å². The van der Waals surface area contributed by atoms with E-state index in [4.69, 9.17) is 16.3 Å². The van der Waals surface area contributed by atoms with Crippen LogP contribution in [0.1, 0.15) is 31.0 Å². The molecular weight excluding hydrogens is 270 g/mol. The van der Waals surface area contributed by atoms with Gasteiger partial charge in [-0.15, -0.1) is 0 Å². The summed E-state index contributed by atoms with van der Waals surface area (Å²) in [5.41, 5.74) is 2.36. The van der Waals surface area contributed by atoms with Crippen molar-refractivity contribution < 1.29 is 4.74 Å². The maximum Gasteiger partial charge on any atom is 0.123 e. The molecule has 2 nitrogen and oxygen atoms in total. The van der Waals surface area contributed by atoms with Crippen molar-refractivity contribution in [1.82, 2.24) is 5.32 Å². The fourth-order valence-electron chi connectivity index (χ4n) is 2.10. The minimum absolute atomic E-state index is 0.239. The summed E-state index contributed by atoms with van der Waals surface area (Å²) >= 11 is 6.02. The highest BCUT2D eigenvalue weighted by molar-refractivity contribution is 6.30. The van der Waals surface area contributed by atoms with E-state index in [1.165, 1.54) is 11.1 Å². The molecule has 0 heterocycles. The van der Waals surface area contributed by atoms with Crippen molar-refractivity contribution in [2.75, 3.05) is 6.61 Å². The van der Waals surface area contributed by atoms with E-state index in [0.717, 1.165) is 17.3 Å². The number of hydrogen-bond acceptors (Lipinski definition) is 2. The molecule has 20 heavy (non-hydrogen) atoms. The zero-order valence-corrected chi connectivity index (χ0v) is 12.7. The zero-order chi connectivity index (χ0) is 14.4. The quantitative estimate of drug-likeness (QED) is 0.840. The Kier molecular flexibility index (Phi) is 5.45. The van der Waals surface area contributed by atoms with E-state index in [0.29, 0.717) is 6.61 Å². The molecule has 1 unspecified atom stereocenters. The summed E-state index contributed by atoms with van der Waals surface area (Å²) in [5.74, 6) is 0.945. The Hall–Kier alpha value is -1.51. The molecule has 1 N–H and O–H groups in total. The van der Waals surface area contributed by atoms with Crippen molar-refractivity contribution in [2.24, 2.45) is 0 Å². The van der Waals surface area contributed by atoms with Gasteiger partial charge in [0.05, 0.1) is 6.61 Å². The minimum atomic E-state index is 0.239. The van der Waals surface area contributed by atoms with Gasteiger partial charge in [-0.2, -0.15) is 0 Å². The van der Waals surface area contributed by atoms with Gasteiger partial charge < -0.3 is 10.1 Å². The molecule has 0 radical (unpaired) electrons. The molecule has 106 valence electrons. The molecule has 0 aromatic heterocycles. The third kappa shape index (κ3) is 3.99. The van der Waals surface area contributed by atoms with Crippen molar-refractivity contribution in [3.05, 3.63) is 64.7 Å². The van der Waals surface area contributed by atoms with Gasteiger partial charge in [-0.3, -0.25) is 0 Å². The normalized spacial score (nSPS) is 12.2. The maximum absolute atomic E-state index is 6.02. The van der Waals surface area contributed by atoms with Crippen molar-refractivity contribution in [3.63, 3.8) is 0 Å². The van der Waals surface area contributed by atoms with E-state index in [1.54, 1.807) is 0 Å². The minimum Gasteiger partial charge on any atom is -0.494 e. The van der Waals surface area contributed by atoms with Crippen LogP contribution in [0.5, 0.6) is 5.75 Å². The number of nitrogens with one attached hydrogen (secondary N) is 1. The highest BCUT2D eigenvalue weighted by atomic mass is 35.5. The molecule has 3 heteroatoms. The number of hydrogen-bond donors (Lipinski definition) is 1. The molecule has 1 atom stereocenters. The highest BCUT2D eigenvalue weighted by Gasteiger charge is 2.07. The Morgan fingerprint density at radius 2 is 1.95 bits per heavy atom. The van der Waals surface area contributed by atoms with E-state index in [-0.39, 0.29) is 6.04 Å². The summed E-state index contributed by atoms with van der Waals surface area (Å²) < 4.78 is 5.63. The predicted octanol–water partition coefficient (Wildman–Crippen LogP) is 4.59. The summed E-state index contributed by atoms with van der Waals surface area (Å²) in [6.45, 7) is 5.58. The summed E-state index contributed by atoms with van der Waals surface area (Å²) in [7, 11) is 0. The summed E-state index contributed by atoms with van der Waals surface area (Å²) in [6.07, 6.45) is 0. The topological polar surface area (TPSA) is 21.3 Å². The maximum atomic E-state index is 6.02. The van der Waals surface area contributed by atoms with E-state index < -0.39 is 0 Å². The summed E-state index contributed by atoms with van der Waals surface area (Å²) in [6, 6.07) is 16.3. The number of ether oxygens (including phenoxy) is 1. The number of para-hydroxylation sites is 1. The van der Waals surface area contributed by atoms with Crippen LogP contribution in [0, 0.1) is 0 Å². The van der Waals surface area contributed by atoms with Gasteiger partial charge in [0.15, 0.2) is 0 Å². The van der Waals surface area contributed by atoms with Gasteiger partial charge in [-0.25, -0.2) is 0 Å². The van der Waals surface area contributed by atoms with Gasteiger partial charge in [0.25, 0.3) is 0 Å². The monoisotopic (exact) mass is 289 g/mol. The third-order valence-electron chi connectivity index (χ3n) is 3.22. The second-order valence-corrected chi connectivity index (χ2v) is 5.13. The molecule has 2 aromatic carbocycles. The Morgan fingerprint density at radius 3 is 2.70 bits per heavy atom. The molecule has 2 rings (SSSR count). The Labute approximate surface area is 125 Å². The smallest absolute Gasteiger partial charge is 0.123 e. The van der Waals surface area contributed by atoms with Gasteiger partial charge in [-0.1, -0.05) is 41.9 Å². The van der Waals surface area contributed by atoms with Crippen molar-refractivity contribution in [2.45, 2.75) is 26.4 Å². The van der Waals surface area contributed by atoms with Crippen LogP contribution >= 0.6 is 11.6 Å². The first-order chi connectivity index (χ1) is 9.70. The van der Waals surface area contributed by atoms with Crippen LogP contribution in [0.25, 0.3) is 0 Å². The molecule has 0 aliphatic heterocycles. The predicted molar refractivity (Wildman–Crippen MR) is 84.3 cm³/mol. The number of benzene rings is 2. The van der Waals surface area contributed by atoms with Crippen LogP contribution in [-0.4, -0.2) is 6.61 Å². The molecule has 0 saturated carbocycles. The van der Waals surface area contributed by atoms with Gasteiger partial charge >= 0.3 is 0 Å². The Morgan fingerprint density at radius 1 is 1.15 bits per heavy atom. The van der Waals surface area contributed by atoms with Crippen LogP contribution in [0.4, 0.5) is 0 Å². The molecule has 0 saturated heterocycles. The largest absolute Gasteiger partial charge is 0.494 e. The SMILES string of the molecule is CCOc1ccccc1CNC(C)c1cccc(Cl)c1. The lowest BCUT2D eigenvalue weighted by atomic mass is 10.1. The number of rotatable bonds is 6. The second kappa shape index (κ2) is 7.32. The number of halogens is 1. The standard InChI is InChI=1S/C17H20ClNO/c1-3-20-17-10-5-4-7-15(17)12-19-13(2)14-8-6-9-16(18)11-14/h4-11,13,19H,3,12H2,1-2H3. The Balaban J connectivity index is 2.01. The summed E-state index contributed by atoms with van der Waals surface area (Å²) in [5, 5.41) is 4.27. The van der Waals surface area contributed by atoms with Crippen LogP contribution in [0.3, 0.4) is 0 Å². The first-order valence-electron chi connectivity index (χ1n) is 6.90.